The predicted octanol–water partition coefficient (Wildman–Crippen LogP) is 4.10. The molecule has 5 heteroatoms. The molecule has 142 valence electrons. The number of carbonyl (C=O) groups is 2. The van der Waals surface area contributed by atoms with Crippen LogP contribution in [0.5, 0.6) is 0 Å². The molecule has 2 amide bonds. The average molecular weight is 385 g/mol. The summed E-state index contributed by atoms with van der Waals surface area (Å²) >= 11 is 6.02. The highest BCUT2D eigenvalue weighted by molar-refractivity contribution is 6.30. The van der Waals surface area contributed by atoms with E-state index in [1.54, 1.807) is 11.8 Å². The first-order chi connectivity index (χ1) is 13.0. The Labute approximate surface area is 165 Å². The fraction of sp³-hybridized carbons (Fsp3) is 0.364. The number of hydrogen-bond donors (Lipinski definition) is 0. The van der Waals surface area contributed by atoms with Crippen LogP contribution in [-0.2, 0) is 22.4 Å². The van der Waals surface area contributed by atoms with Crippen molar-refractivity contribution in [1.29, 1.82) is 0 Å². The minimum absolute atomic E-state index is 0.0142. The number of amides is 2. The lowest BCUT2D eigenvalue weighted by atomic mass is 10.1. The summed E-state index contributed by atoms with van der Waals surface area (Å²) in [5.41, 5.74) is 3.30. The number of fused-ring (bicyclic) bond motifs is 1. The van der Waals surface area contributed by atoms with Crippen LogP contribution < -0.4 is 4.90 Å². The van der Waals surface area contributed by atoms with Crippen molar-refractivity contribution in [3.05, 3.63) is 64.7 Å². The van der Waals surface area contributed by atoms with E-state index in [4.69, 9.17) is 11.6 Å². The molecule has 1 unspecified atom stereocenters. The summed E-state index contributed by atoms with van der Waals surface area (Å²) in [6.07, 6.45) is 1.93. The van der Waals surface area contributed by atoms with Gasteiger partial charge in [-0.05, 0) is 49.1 Å². The Morgan fingerprint density at radius 3 is 2.67 bits per heavy atom. The molecule has 0 saturated carbocycles. The van der Waals surface area contributed by atoms with E-state index in [9.17, 15) is 9.59 Å². The molecule has 1 heterocycles. The van der Waals surface area contributed by atoms with Gasteiger partial charge in [-0.2, -0.15) is 0 Å². The van der Waals surface area contributed by atoms with Gasteiger partial charge in [0.1, 0.15) is 0 Å². The molecule has 1 aliphatic heterocycles. The van der Waals surface area contributed by atoms with Crippen LogP contribution in [0, 0.1) is 0 Å². The maximum absolute atomic E-state index is 12.8. The third kappa shape index (κ3) is 4.69. The van der Waals surface area contributed by atoms with Crippen LogP contribution in [-0.4, -0.2) is 35.8 Å². The van der Waals surface area contributed by atoms with Gasteiger partial charge in [0, 0.05) is 43.2 Å². The number of carbonyl (C=O) groups excluding carboxylic acids is 2. The highest BCUT2D eigenvalue weighted by Crippen LogP contribution is 2.32. The highest BCUT2D eigenvalue weighted by Gasteiger charge is 2.30. The van der Waals surface area contributed by atoms with Crippen molar-refractivity contribution in [2.45, 2.75) is 39.2 Å². The Kier molecular flexibility index (Phi) is 6.17. The lowest BCUT2D eigenvalue weighted by Gasteiger charge is -2.25. The van der Waals surface area contributed by atoms with Crippen molar-refractivity contribution in [3.63, 3.8) is 0 Å². The molecular formula is C22H25ClN2O2. The van der Waals surface area contributed by atoms with Crippen molar-refractivity contribution in [2.24, 2.45) is 0 Å². The molecule has 2 aromatic carbocycles. The molecule has 0 aliphatic carbocycles. The minimum Gasteiger partial charge on any atom is -0.342 e. The molecule has 2 aromatic rings. The van der Waals surface area contributed by atoms with E-state index in [2.05, 4.69) is 13.0 Å². The number of nitrogens with zero attached hydrogens (tertiary/aromatic N) is 2. The number of halogens is 1. The van der Waals surface area contributed by atoms with Gasteiger partial charge in [0.25, 0.3) is 0 Å². The summed E-state index contributed by atoms with van der Waals surface area (Å²) < 4.78 is 0. The summed E-state index contributed by atoms with van der Waals surface area (Å²) in [6, 6.07) is 15.9. The summed E-state index contributed by atoms with van der Waals surface area (Å²) in [4.78, 5) is 28.5. The summed E-state index contributed by atoms with van der Waals surface area (Å²) in [6.45, 7) is 4.63. The fourth-order valence-electron chi connectivity index (χ4n) is 3.68. The zero-order chi connectivity index (χ0) is 19.4. The molecule has 0 bridgehead atoms. The Hall–Kier alpha value is -2.33. The third-order valence-corrected chi connectivity index (χ3v) is 5.31. The van der Waals surface area contributed by atoms with Gasteiger partial charge < -0.3 is 9.80 Å². The van der Waals surface area contributed by atoms with Crippen LogP contribution in [0.2, 0.25) is 5.02 Å². The Bertz CT molecular complexity index is 837. The number of anilines is 1. The molecule has 0 fully saturated rings. The molecule has 1 atom stereocenters. The van der Waals surface area contributed by atoms with Gasteiger partial charge in [-0.1, -0.05) is 41.9 Å². The maximum atomic E-state index is 12.8. The molecule has 0 radical (unpaired) electrons. The molecular weight excluding hydrogens is 360 g/mol. The van der Waals surface area contributed by atoms with E-state index >= 15 is 0 Å². The molecule has 0 aromatic heterocycles. The van der Waals surface area contributed by atoms with Crippen molar-refractivity contribution in [1.82, 2.24) is 4.90 Å². The smallest absolute Gasteiger partial charge is 0.229 e. The van der Waals surface area contributed by atoms with Crippen LogP contribution in [0.25, 0.3) is 0 Å². The first kappa shape index (κ1) is 19.4. The van der Waals surface area contributed by atoms with Gasteiger partial charge in [0.15, 0.2) is 0 Å². The first-order valence-corrected chi connectivity index (χ1v) is 9.73. The number of para-hydroxylation sites is 1. The number of hydrogen-bond acceptors (Lipinski definition) is 2. The van der Waals surface area contributed by atoms with E-state index in [1.807, 2.05) is 47.4 Å². The van der Waals surface area contributed by atoms with Gasteiger partial charge in [-0.15, -0.1) is 0 Å². The van der Waals surface area contributed by atoms with Gasteiger partial charge >= 0.3 is 0 Å². The molecule has 1 aliphatic rings. The highest BCUT2D eigenvalue weighted by atomic mass is 35.5. The molecule has 3 rings (SSSR count). The van der Waals surface area contributed by atoms with Gasteiger partial charge in [-0.25, -0.2) is 0 Å². The molecule has 0 N–H and O–H groups in total. The normalized spacial score (nSPS) is 15.5. The van der Waals surface area contributed by atoms with Crippen molar-refractivity contribution < 1.29 is 9.59 Å². The van der Waals surface area contributed by atoms with E-state index < -0.39 is 0 Å². The van der Waals surface area contributed by atoms with Gasteiger partial charge in [0.05, 0.1) is 0 Å². The summed E-state index contributed by atoms with van der Waals surface area (Å²) in [7, 11) is 0. The average Bonchev–Trinajstić information content (AvgIpc) is 2.97. The standard InChI is InChI=1S/C22H25ClN2O2/c1-16-14-19-7-3-4-9-21(19)25(16)22(27)11-13-24(17(2)26)12-10-18-6-5-8-20(23)15-18/h3-9,15-16H,10-14H2,1-2H3. The molecule has 0 saturated heterocycles. The fourth-order valence-corrected chi connectivity index (χ4v) is 3.89. The summed E-state index contributed by atoms with van der Waals surface area (Å²) in [5.74, 6) is 0.0566. The molecule has 27 heavy (non-hydrogen) atoms. The quantitative estimate of drug-likeness (QED) is 0.752. The first-order valence-electron chi connectivity index (χ1n) is 9.35. The largest absolute Gasteiger partial charge is 0.342 e. The zero-order valence-corrected chi connectivity index (χ0v) is 16.6. The van der Waals surface area contributed by atoms with Crippen molar-refractivity contribution in [3.8, 4) is 0 Å². The van der Waals surface area contributed by atoms with E-state index in [0.717, 1.165) is 24.1 Å². The van der Waals surface area contributed by atoms with E-state index in [-0.39, 0.29) is 17.9 Å². The van der Waals surface area contributed by atoms with Crippen LogP contribution in [0.15, 0.2) is 48.5 Å². The van der Waals surface area contributed by atoms with Crippen molar-refractivity contribution >= 4 is 29.1 Å². The van der Waals surface area contributed by atoms with Gasteiger partial charge in [-0.3, -0.25) is 9.59 Å². The maximum Gasteiger partial charge on any atom is 0.229 e. The Morgan fingerprint density at radius 2 is 1.93 bits per heavy atom. The number of rotatable bonds is 6. The van der Waals surface area contributed by atoms with Crippen LogP contribution >= 0.6 is 11.6 Å². The second-order valence-electron chi connectivity index (χ2n) is 7.08. The van der Waals surface area contributed by atoms with Gasteiger partial charge in [0.2, 0.25) is 11.8 Å². The third-order valence-electron chi connectivity index (χ3n) is 5.08. The predicted molar refractivity (Wildman–Crippen MR) is 109 cm³/mol. The second-order valence-corrected chi connectivity index (χ2v) is 7.52. The topological polar surface area (TPSA) is 40.6 Å². The lowest BCUT2D eigenvalue weighted by molar-refractivity contribution is -0.129. The Balaban J connectivity index is 1.59. The van der Waals surface area contributed by atoms with Crippen LogP contribution in [0.1, 0.15) is 31.4 Å². The zero-order valence-electron chi connectivity index (χ0n) is 15.8. The monoisotopic (exact) mass is 384 g/mol. The SMILES string of the molecule is CC(=O)N(CCC(=O)N1c2ccccc2CC1C)CCc1cccc(Cl)c1. The number of benzene rings is 2. The molecule has 4 nitrogen and oxygen atoms in total. The van der Waals surface area contributed by atoms with E-state index in [0.29, 0.717) is 24.5 Å². The molecule has 0 spiro atoms. The Morgan fingerprint density at radius 1 is 1.15 bits per heavy atom. The van der Waals surface area contributed by atoms with E-state index in [1.165, 1.54) is 5.56 Å². The lowest BCUT2D eigenvalue weighted by Crippen LogP contribution is -2.39. The van der Waals surface area contributed by atoms with Crippen molar-refractivity contribution in [2.75, 3.05) is 18.0 Å². The van der Waals surface area contributed by atoms with Crippen LogP contribution in [0.3, 0.4) is 0 Å². The van der Waals surface area contributed by atoms with Crippen LogP contribution in [0.4, 0.5) is 5.69 Å². The summed E-state index contributed by atoms with van der Waals surface area (Å²) in [5, 5.41) is 0.693. The minimum atomic E-state index is -0.0142. The second kappa shape index (κ2) is 8.57.